The summed E-state index contributed by atoms with van der Waals surface area (Å²) in [4.78, 5) is 0.786. The quantitative estimate of drug-likeness (QED) is 0.260. The maximum atomic E-state index is 5.24. The maximum Gasteiger partial charge on any atom is 2.00 e. The van der Waals surface area contributed by atoms with Crippen molar-refractivity contribution in [2.45, 2.75) is 93.9 Å². The summed E-state index contributed by atoms with van der Waals surface area (Å²) in [5.41, 5.74) is 13.0. The second-order valence-corrected chi connectivity index (χ2v) is 10.7. The molecule has 3 rings (SSSR count). The molecule has 0 saturated carbocycles. The van der Waals surface area contributed by atoms with Gasteiger partial charge in [0.2, 0.25) is 0 Å². The number of methoxy groups -OCH3 is 1. The van der Waals surface area contributed by atoms with Crippen molar-refractivity contribution in [3.63, 3.8) is 0 Å². The van der Waals surface area contributed by atoms with Crippen molar-refractivity contribution >= 4 is 33.1 Å². The van der Waals surface area contributed by atoms with E-state index in [0.29, 0.717) is 5.92 Å². The van der Waals surface area contributed by atoms with Crippen molar-refractivity contribution in [3.8, 4) is 5.75 Å². The van der Waals surface area contributed by atoms with E-state index in [0.717, 1.165) is 15.1 Å². The third kappa shape index (κ3) is 7.47. The standard InChI is InChI=1S/C10H14OSSe.2C10H15.Ti/c1-6(2)7-4-5-8(11-3)9(12)10(7)13;2*1-6-7(2)9(4)10(5)8(6)3;/h4-6,12-13H,1-3H3;2*1-5H3;/q;;;+2/p-2. The van der Waals surface area contributed by atoms with Gasteiger partial charge in [0.25, 0.3) is 0 Å². The molecule has 1 aromatic carbocycles. The molecule has 0 spiro atoms. The molecule has 0 atom stereocenters. The molecule has 2 aliphatic rings. The molecule has 0 N–H and O–H groups in total. The Morgan fingerprint density at radius 2 is 0.971 bits per heavy atom. The molecule has 4 heteroatoms. The first kappa shape index (κ1) is 33.4. The Balaban J connectivity index is 0.000000479. The van der Waals surface area contributed by atoms with Gasteiger partial charge in [-0.05, 0) is 77.7 Å². The third-order valence-corrected chi connectivity index (χ3v) is 9.19. The molecule has 0 heterocycles. The topological polar surface area (TPSA) is 9.23 Å². The Morgan fingerprint density at radius 1 is 0.647 bits per heavy atom. The molecular formula is C30H42OSSeTi. The van der Waals surface area contributed by atoms with Crippen LogP contribution in [0.15, 0.2) is 61.6 Å². The zero-order valence-corrected chi connectivity index (χ0v) is 27.5. The average molecular weight is 578 g/mol. The van der Waals surface area contributed by atoms with Crippen LogP contribution in [0.4, 0.5) is 0 Å². The molecule has 0 amide bonds. The van der Waals surface area contributed by atoms with Gasteiger partial charge in [-0.15, -0.1) is 0 Å². The summed E-state index contributed by atoms with van der Waals surface area (Å²) in [5.74, 6) is 4.20. The Bertz CT molecular complexity index is 913. The SMILES string of the molecule is COc1ccc(C(C)C)c([Se-])c1[S-].C[C]1C(C)=C(C)C(C)=C1C.C[C]1C(C)=C(C)C(C)=C1C.[Ti+2]. The normalized spacial score (nSPS) is 16.5. The Labute approximate surface area is 239 Å². The van der Waals surface area contributed by atoms with Gasteiger partial charge in [-0.25, -0.2) is 0 Å². The first-order valence-corrected chi connectivity index (χ1v) is 12.9. The van der Waals surface area contributed by atoms with E-state index in [4.69, 9.17) is 17.4 Å². The summed E-state index contributed by atoms with van der Waals surface area (Å²) in [5, 5.41) is 0. The zero-order chi connectivity index (χ0) is 25.8. The summed E-state index contributed by atoms with van der Waals surface area (Å²) in [6, 6.07) is 3.99. The molecule has 0 unspecified atom stereocenters. The Kier molecular flexibility index (Phi) is 14.0. The van der Waals surface area contributed by atoms with E-state index in [9.17, 15) is 0 Å². The number of allylic oxidation sites excluding steroid dienone is 8. The van der Waals surface area contributed by atoms with E-state index in [2.05, 4.69) is 105 Å². The minimum Gasteiger partial charge on any atom is -0.0589 e. The van der Waals surface area contributed by atoms with Crippen molar-refractivity contribution < 1.29 is 26.5 Å². The monoisotopic (exact) mass is 578 g/mol. The molecular weight excluding hydrogens is 535 g/mol. The Hall–Kier alpha value is -0.566. The number of hydrogen-bond donors (Lipinski definition) is 0. The zero-order valence-electron chi connectivity index (χ0n) is 23.5. The van der Waals surface area contributed by atoms with Gasteiger partial charge < -0.3 is 0 Å². The summed E-state index contributed by atoms with van der Waals surface area (Å²) >= 11 is 8.25. The van der Waals surface area contributed by atoms with E-state index >= 15 is 0 Å². The molecule has 34 heavy (non-hydrogen) atoms. The summed E-state index contributed by atoms with van der Waals surface area (Å²) in [6.45, 7) is 26.3. The fourth-order valence-corrected chi connectivity index (χ4v) is 5.11. The fraction of sp³-hybridized carbons (Fsp3) is 0.467. The summed E-state index contributed by atoms with van der Waals surface area (Å²) in [7, 11) is 1.64. The van der Waals surface area contributed by atoms with Gasteiger partial charge in [0.05, 0.1) is 0 Å². The first-order chi connectivity index (χ1) is 15.2. The summed E-state index contributed by atoms with van der Waals surface area (Å²) in [6.07, 6.45) is 0. The van der Waals surface area contributed by atoms with Crippen molar-refractivity contribution in [2.24, 2.45) is 0 Å². The molecule has 0 aromatic heterocycles. The minimum absolute atomic E-state index is 0. The predicted molar refractivity (Wildman–Crippen MR) is 149 cm³/mol. The average Bonchev–Trinajstić information content (AvgIpc) is 3.06. The van der Waals surface area contributed by atoms with E-state index in [1.807, 2.05) is 6.07 Å². The molecule has 1 nitrogen and oxygen atoms in total. The molecule has 0 fully saturated rings. The van der Waals surface area contributed by atoms with E-state index in [1.54, 1.807) is 7.11 Å². The predicted octanol–water partition coefficient (Wildman–Crippen LogP) is 8.05. The minimum atomic E-state index is 0. The second kappa shape index (κ2) is 14.2. The van der Waals surface area contributed by atoms with Gasteiger partial charge in [0.15, 0.2) is 0 Å². The van der Waals surface area contributed by atoms with Crippen LogP contribution in [0.25, 0.3) is 0 Å². The number of benzene rings is 1. The number of hydrogen-bond acceptors (Lipinski definition) is 2. The van der Waals surface area contributed by atoms with Gasteiger partial charge in [-0.2, -0.15) is 0 Å². The van der Waals surface area contributed by atoms with Gasteiger partial charge in [0.1, 0.15) is 0 Å². The van der Waals surface area contributed by atoms with Crippen LogP contribution < -0.4 is 9.20 Å². The van der Waals surface area contributed by atoms with Gasteiger partial charge in [0, 0.05) is 11.8 Å². The van der Waals surface area contributed by atoms with Crippen LogP contribution in [0.1, 0.15) is 94.6 Å². The van der Waals surface area contributed by atoms with Crippen LogP contribution >= 0.6 is 0 Å². The molecule has 0 bridgehead atoms. The number of rotatable bonds is 2. The van der Waals surface area contributed by atoms with Gasteiger partial charge in [-0.1, -0.05) is 36.1 Å². The molecule has 2 radical (unpaired) electrons. The third-order valence-electron chi connectivity index (χ3n) is 7.57. The number of ether oxygens (including phenoxy) is 1. The first-order valence-electron chi connectivity index (χ1n) is 11.6. The van der Waals surface area contributed by atoms with Crippen molar-refractivity contribution in [2.75, 3.05) is 7.11 Å². The van der Waals surface area contributed by atoms with Crippen LogP contribution in [-0.4, -0.2) is 23.1 Å². The van der Waals surface area contributed by atoms with Crippen molar-refractivity contribution in [1.82, 2.24) is 0 Å². The second-order valence-electron chi connectivity index (χ2n) is 9.42. The van der Waals surface area contributed by atoms with Crippen LogP contribution in [-0.2, 0) is 34.3 Å². The summed E-state index contributed by atoms with van der Waals surface area (Å²) < 4.78 is 6.18. The maximum absolute atomic E-state index is 5.24. The molecule has 1 aromatic rings. The van der Waals surface area contributed by atoms with Crippen LogP contribution in [0.5, 0.6) is 5.75 Å². The van der Waals surface area contributed by atoms with Crippen LogP contribution in [0, 0.1) is 11.8 Å². The fourth-order valence-electron chi connectivity index (χ4n) is 3.99. The smallest absolute Gasteiger partial charge is 0.0589 e. The molecule has 184 valence electrons. The van der Waals surface area contributed by atoms with Gasteiger partial charge >= 0.3 is 115 Å². The molecule has 0 aliphatic heterocycles. The largest absolute Gasteiger partial charge is 2.00 e. The molecule has 0 saturated heterocycles. The van der Waals surface area contributed by atoms with E-state index in [1.165, 1.54) is 62.0 Å². The van der Waals surface area contributed by atoms with Crippen LogP contribution in [0.3, 0.4) is 0 Å². The van der Waals surface area contributed by atoms with E-state index in [-0.39, 0.29) is 21.7 Å². The van der Waals surface area contributed by atoms with Crippen molar-refractivity contribution in [1.29, 1.82) is 0 Å². The molecule has 2 aliphatic carbocycles. The van der Waals surface area contributed by atoms with E-state index < -0.39 is 0 Å². The van der Waals surface area contributed by atoms with Crippen LogP contribution in [0.2, 0.25) is 0 Å². The van der Waals surface area contributed by atoms with Crippen molar-refractivity contribution in [3.05, 3.63) is 74.1 Å². The van der Waals surface area contributed by atoms with Gasteiger partial charge in [-0.3, -0.25) is 0 Å². The Morgan fingerprint density at radius 3 is 1.18 bits per heavy atom.